The summed E-state index contributed by atoms with van der Waals surface area (Å²) in [7, 11) is 0. The first kappa shape index (κ1) is 9.47. The minimum atomic E-state index is 0.191. The van der Waals surface area contributed by atoms with Gasteiger partial charge in [-0.1, -0.05) is 19.3 Å². The molecule has 0 aromatic heterocycles. The van der Waals surface area contributed by atoms with E-state index in [1.807, 2.05) is 0 Å². The van der Waals surface area contributed by atoms with E-state index in [0.29, 0.717) is 0 Å². The van der Waals surface area contributed by atoms with Crippen LogP contribution in [0.1, 0.15) is 51.4 Å². The first-order chi connectivity index (χ1) is 6.29. The molecule has 3 N–H and O–H groups in total. The molecule has 76 valence electrons. The molecule has 2 fully saturated rings. The summed E-state index contributed by atoms with van der Waals surface area (Å²) in [5.74, 6) is 0. The molecule has 0 amide bonds. The highest BCUT2D eigenvalue weighted by Gasteiger charge is 2.29. The number of rotatable bonds is 4. The SMILES string of the molecule is NC1(CCNC2CCC2)CCCC1. The minimum Gasteiger partial charge on any atom is -0.325 e. The van der Waals surface area contributed by atoms with Gasteiger partial charge < -0.3 is 11.1 Å². The fraction of sp³-hybridized carbons (Fsp3) is 1.00. The molecule has 2 rings (SSSR count). The Bertz CT molecular complexity index is 157. The van der Waals surface area contributed by atoms with Gasteiger partial charge in [0.15, 0.2) is 0 Å². The smallest absolute Gasteiger partial charge is 0.0166 e. The Morgan fingerprint density at radius 3 is 2.38 bits per heavy atom. The predicted molar refractivity (Wildman–Crippen MR) is 55.6 cm³/mol. The lowest BCUT2D eigenvalue weighted by molar-refractivity contribution is 0.313. The molecule has 0 spiro atoms. The lowest BCUT2D eigenvalue weighted by Crippen LogP contribution is -2.43. The van der Waals surface area contributed by atoms with Crippen molar-refractivity contribution < 1.29 is 0 Å². The zero-order valence-corrected chi connectivity index (χ0v) is 8.52. The van der Waals surface area contributed by atoms with Crippen LogP contribution in [0.2, 0.25) is 0 Å². The normalized spacial score (nSPS) is 27.5. The molecule has 2 heteroatoms. The van der Waals surface area contributed by atoms with Gasteiger partial charge in [-0.05, 0) is 38.6 Å². The third kappa shape index (κ3) is 2.44. The fourth-order valence-corrected chi connectivity index (χ4v) is 2.47. The second-order valence-corrected chi connectivity index (χ2v) is 4.90. The molecule has 0 aromatic carbocycles. The lowest BCUT2D eigenvalue weighted by Gasteiger charge is -2.29. The van der Waals surface area contributed by atoms with E-state index in [1.165, 1.54) is 51.4 Å². The summed E-state index contributed by atoms with van der Waals surface area (Å²) in [4.78, 5) is 0. The van der Waals surface area contributed by atoms with E-state index in [0.717, 1.165) is 12.6 Å². The molecule has 0 aliphatic heterocycles. The van der Waals surface area contributed by atoms with Crippen molar-refractivity contribution in [3.63, 3.8) is 0 Å². The van der Waals surface area contributed by atoms with Crippen molar-refractivity contribution in [2.75, 3.05) is 6.54 Å². The van der Waals surface area contributed by atoms with E-state index in [1.54, 1.807) is 0 Å². The van der Waals surface area contributed by atoms with Gasteiger partial charge in [0.05, 0.1) is 0 Å². The molecule has 0 saturated heterocycles. The average Bonchev–Trinajstić information content (AvgIpc) is 2.43. The maximum Gasteiger partial charge on any atom is 0.0166 e. The van der Waals surface area contributed by atoms with Crippen LogP contribution in [-0.2, 0) is 0 Å². The van der Waals surface area contributed by atoms with Gasteiger partial charge in [0, 0.05) is 11.6 Å². The van der Waals surface area contributed by atoms with Gasteiger partial charge in [0.1, 0.15) is 0 Å². The summed E-state index contributed by atoms with van der Waals surface area (Å²) in [6.45, 7) is 1.14. The van der Waals surface area contributed by atoms with Crippen LogP contribution < -0.4 is 11.1 Å². The summed E-state index contributed by atoms with van der Waals surface area (Å²) in [5.41, 5.74) is 6.46. The predicted octanol–water partition coefficient (Wildman–Crippen LogP) is 1.79. The molecule has 2 aliphatic carbocycles. The van der Waals surface area contributed by atoms with Crippen molar-refractivity contribution in [3.05, 3.63) is 0 Å². The van der Waals surface area contributed by atoms with Gasteiger partial charge in [-0.15, -0.1) is 0 Å². The van der Waals surface area contributed by atoms with Crippen LogP contribution in [0.15, 0.2) is 0 Å². The largest absolute Gasteiger partial charge is 0.325 e. The third-order valence-corrected chi connectivity index (χ3v) is 3.76. The summed E-state index contributed by atoms with van der Waals surface area (Å²) < 4.78 is 0. The maximum atomic E-state index is 6.26. The Morgan fingerprint density at radius 2 is 1.85 bits per heavy atom. The molecule has 0 radical (unpaired) electrons. The summed E-state index contributed by atoms with van der Waals surface area (Å²) in [5, 5.41) is 3.59. The Morgan fingerprint density at radius 1 is 1.15 bits per heavy atom. The van der Waals surface area contributed by atoms with Crippen molar-refractivity contribution in [2.45, 2.75) is 62.9 Å². The zero-order chi connectivity index (χ0) is 9.15. The van der Waals surface area contributed by atoms with E-state index in [9.17, 15) is 0 Å². The number of hydrogen-bond acceptors (Lipinski definition) is 2. The first-order valence-electron chi connectivity index (χ1n) is 5.81. The van der Waals surface area contributed by atoms with E-state index in [-0.39, 0.29) is 5.54 Å². The van der Waals surface area contributed by atoms with Crippen LogP contribution in [-0.4, -0.2) is 18.1 Å². The van der Waals surface area contributed by atoms with Gasteiger partial charge in [-0.3, -0.25) is 0 Å². The van der Waals surface area contributed by atoms with Gasteiger partial charge in [-0.25, -0.2) is 0 Å². The summed E-state index contributed by atoms with van der Waals surface area (Å²) in [6.07, 6.45) is 10.6. The van der Waals surface area contributed by atoms with Crippen molar-refractivity contribution in [1.29, 1.82) is 0 Å². The van der Waals surface area contributed by atoms with Crippen molar-refractivity contribution in [1.82, 2.24) is 5.32 Å². The van der Waals surface area contributed by atoms with E-state index in [2.05, 4.69) is 5.32 Å². The topological polar surface area (TPSA) is 38.0 Å². The summed E-state index contributed by atoms with van der Waals surface area (Å²) in [6, 6.07) is 0.824. The van der Waals surface area contributed by atoms with Gasteiger partial charge >= 0.3 is 0 Å². The molecular formula is C11H22N2. The molecular weight excluding hydrogens is 160 g/mol. The van der Waals surface area contributed by atoms with Crippen LogP contribution in [0.4, 0.5) is 0 Å². The van der Waals surface area contributed by atoms with Crippen LogP contribution in [0, 0.1) is 0 Å². The van der Waals surface area contributed by atoms with Crippen molar-refractivity contribution in [3.8, 4) is 0 Å². The van der Waals surface area contributed by atoms with Gasteiger partial charge in [-0.2, -0.15) is 0 Å². The quantitative estimate of drug-likeness (QED) is 0.695. The monoisotopic (exact) mass is 182 g/mol. The second-order valence-electron chi connectivity index (χ2n) is 4.90. The second kappa shape index (κ2) is 3.97. The fourth-order valence-electron chi connectivity index (χ4n) is 2.47. The highest BCUT2D eigenvalue weighted by atomic mass is 14.9. The van der Waals surface area contributed by atoms with Gasteiger partial charge in [0.25, 0.3) is 0 Å². The minimum absolute atomic E-state index is 0.191. The Labute approximate surface area is 81.3 Å². The zero-order valence-electron chi connectivity index (χ0n) is 8.52. The first-order valence-corrected chi connectivity index (χ1v) is 5.81. The average molecular weight is 182 g/mol. The van der Waals surface area contributed by atoms with E-state index in [4.69, 9.17) is 5.73 Å². The standard InChI is InChI=1S/C11H22N2/c12-11(6-1-2-7-11)8-9-13-10-4-3-5-10/h10,13H,1-9,12H2. The Hall–Kier alpha value is -0.0800. The van der Waals surface area contributed by atoms with Crippen LogP contribution in [0.3, 0.4) is 0 Å². The Kier molecular flexibility index (Phi) is 2.89. The van der Waals surface area contributed by atoms with Crippen molar-refractivity contribution in [2.24, 2.45) is 5.73 Å². The highest BCUT2D eigenvalue weighted by molar-refractivity contribution is 4.90. The molecule has 0 heterocycles. The van der Waals surface area contributed by atoms with Crippen LogP contribution >= 0.6 is 0 Å². The highest BCUT2D eigenvalue weighted by Crippen LogP contribution is 2.29. The Balaban J connectivity index is 1.60. The molecule has 0 bridgehead atoms. The third-order valence-electron chi connectivity index (χ3n) is 3.76. The van der Waals surface area contributed by atoms with E-state index >= 15 is 0 Å². The molecule has 0 aromatic rings. The molecule has 2 nitrogen and oxygen atoms in total. The lowest BCUT2D eigenvalue weighted by atomic mass is 9.91. The molecule has 0 atom stereocenters. The van der Waals surface area contributed by atoms with Crippen LogP contribution in [0.5, 0.6) is 0 Å². The van der Waals surface area contributed by atoms with Crippen LogP contribution in [0.25, 0.3) is 0 Å². The molecule has 0 unspecified atom stereocenters. The molecule has 2 aliphatic rings. The molecule has 13 heavy (non-hydrogen) atoms. The number of nitrogens with one attached hydrogen (secondary N) is 1. The van der Waals surface area contributed by atoms with E-state index < -0.39 is 0 Å². The number of hydrogen-bond donors (Lipinski definition) is 2. The van der Waals surface area contributed by atoms with Crippen molar-refractivity contribution >= 4 is 0 Å². The maximum absolute atomic E-state index is 6.26. The summed E-state index contributed by atoms with van der Waals surface area (Å²) >= 11 is 0. The number of nitrogens with two attached hydrogens (primary N) is 1. The molecule has 2 saturated carbocycles. The van der Waals surface area contributed by atoms with Gasteiger partial charge in [0.2, 0.25) is 0 Å².